The summed E-state index contributed by atoms with van der Waals surface area (Å²) in [4.78, 5) is 12.1. The van der Waals surface area contributed by atoms with Crippen molar-refractivity contribution in [3.05, 3.63) is 57.0 Å². The fourth-order valence-electron chi connectivity index (χ4n) is 2.02. The van der Waals surface area contributed by atoms with Crippen LogP contribution in [0.3, 0.4) is 0 Å². The Morgan fingerprint density at radius 1 is 0.875 bits per heavy atom. The molecule has 78 valence electrons. The SMILES string of the molecule is O=C1c2cc(Cl)ccc2-c2cc(Br)ccc21. The molecule has 1 nitrogen and oxygen atoms in total. The predicted octanol–water partition coefficient (Wildman–Crippen LogP) is 4.31. The topological polar surface area (TPSA) is 17.1 Å². The van der Waals surface area contributed by atoms with E-state index in [2.05, 4.69) is 15.9 Å². The summed E-state index contributed by atoms with van der Waals surface area (Å²) in [6.45, 7) is 0. The summed E-state index contributed by atoms with van der Waals surface area (Å²) < 4.78 is 0.974. The van der Waals surface area contributed by atoms with Crippen LogP contribution in [0, 0.1) is 0 Å². The van der Waals surface area contributed by atoms with E-state index in [0.29, 0.717) is 10.6 Å². The van der Waals surface area contributed by atoms with Crippen LogP contribution in [0.5, 0.6) is 0 Å². The van der Waals surface area contributed by atoms with Crippen LogP contribution in [0.4, 0.5) is 0 Å². The minimum atomic E-state index is 0.0556. The van der Waals surface area contributed by atoms with Crippen molar-refractivity contribution < 1.29 is 4.79 Å². The molecule has 3 rings (SSSR count). The van der Waals surface area contributed by atoms with Crippen LogP contribution in [0.25, 0.3) is 11.1 Å². The molecular formula is C13H6BrClO. The molecule has 0 unspecified atom stereocenters. The van der Waals surface area contributed by atoms with Crippen LogP contribution in [0.15, 0.2) is 40.9 Å². The van der Waals surface area contributed by atoms with Gasteiger partial charge in [-0.3, -0.25) is 4.79 Å². The molecule has 0 radical (unpaired) electrons. The number of ketones is 1. The van der Waals surface area contributed by atoms with E-state index in [-0.39, 0.29) is 5.78 Å². The maximum Gasteiger partial charge on any atom is 0.194 e. The maximum atomic E-state index is 12.1. The zero-order chi connectivity index (χ0) is 11.3. The normalized spacial score (nSPS) is 12.5. The predicted molar refractivity (Wildman–Crippen MR) is 68.0 cm³/mol. The average molecular weight is 294 g/mol. The number of carbonyl (C=O) groups is 1. The first-order valence-electron chi connectivity index (χ1n) is 4.81. The lowest BCUT2D eigenvalue weighted by atomic mass is 10.1. The van der Waals surface area contributed by atoms with E-state index in [0.717, 1.165) is 21.2 Å². The number of rotatable bonds is 0. The second-order valence-corrected chi connectivity index (χ2v) is 5.06. The van der Waals surface area contributed by atoms with Crippen molar-refractivity contribution in [2.75, 3.05) is 0 Å². The molecule has 2 aromatic rings. The quantitative estimate of drug-likeness (QED) is 0.603. The van der Waals surface area contributed by atoms with Gasteiger partial charge in [-0.05, 0) is 41.5 Å². The molecule has 0 heterocycles. The lowest BCUT2D eigenvalue weighted by molar-refractivity contribution is 0.104. The summed E-state index contributed by atoms with van der Waals surface area (Å²) in [6.07, 6.45) is 0. The summed E-state index contributed by atoms with van der Waals surface area (Å²) in [5.41, 5.74) is 3.39. The number of fused-ring (bicyclic) bond motifs is 3. The largest absolute Gasteiger partial charge is 0.289 e. The summed E-state index contributed by atoms with van der Waals surface area (Å²) in [5.74, 6) is 0.0556. The minimum Gasteiger partial charge on any atom is -0.289 e. The van der Waals surface area contributed by atoms with Crippen LogP contribution in [-0.4, -0.2) is 5.78 Å². The Morgan fingerprint density at radius 2 is 1.62 bits per heavy atom. The van der Waals surface area contributed by atoms with Crippen molar-refractivity contribution in [2.45, 2.75) is 0 Å². The Bertz CT molecular complexity index is 619. The van der Waals surface area contributed by atoms with Gasteiger partial charge in [-0.1, -0.05) is 33.6 Å². The van der Waals surface area contributed by atoms with Crippen molar-refractivity contribution in [1.82, 2.24) is 0 Å². The molecule has 0 aliphatic heterocycles. The fraction of sp³-hybridized carbons (Fsp3) is 0. The number of hydrogen-bond acceptors (Lipinski definition) is 1. The monoisotopic (exact) mass is 292 g/mol. The van der Waals surface area contributed by atoms with E-state index in [4.69, 9.17) is 11.6 Å². The van der Waals surface area contributed by atoms with E-state index in [1.54, 1.807) is 6.07 Å². The van der Waals surface area contributed by atoms with Gasteiger partial charge in [-0.2, -0.15) is 0 Å². The molecule has 1 aliphatic rings. The summed E-state index contributed by atoms with van der Waals surface area (Å²) >= 11 is 9.32. The molecule has 0 spiro atoms. The van der Waals surface area contributed by atoms with Gasteiger partial charge in [0, 0.05) is 20.6 Å². The molecule has 1 aliphatic carbocycles. The zero-order valence-electron chi connectivity index (χ0n) is 8.13. The molecule has 0 atom stereocenters. The van der Waals surface area contributed by atoms with Gasteiger partial charge in [0.15, 0.2) is 5.78 Å². The minimum absolute atomic E-state index is 0.0556. The smallest absolute Gasteiger partial charge is 0.194 e. The molecule has 0 fully saturated rings. The second kappa shape index (κ2) is 3.44. The fourth-order valence-corrected chi connectivity index (χ4v) is 2.55. The maximum absolute atomic E-state index is 12.1. The first-order valence-corrected chi connectivity index (χ1v) is 5.98. The van der Waals surface area contributed by atoms with Gasteiger partial charge in [0.05, 0.1) is 0 Å². The van der Waals surface area contributed by atoms with Crippen LogP contribution >= 0.6 is 27.5 Å². The third-order valence-electron chi connectivity index (χ3n) is 2.74. The van der Waals surface area contributed by atoms with Crippen LogP contribution in [-0.2, 0) is 0 Å². The number of benzene rings is 2. The third-order valence-corrected chi connectivity index (χ3v) is 3.47. The lowest BCUT2D eigenvalue weighted by Crippen LogP contribution is -1.94. The molecule has 3 heteroatoms. The van der Waals surface area contributed by atoms with Crippen molar-refractivity contribution in [3.63, 3.8) is 0 Å². The molecule has 0 saturated carbocycles. The first kappa shape index (κ1) is 10.1. The summed E-state index contributed by atoms with van der Waals surface area (Å²) in [5, 5.41) is 0.596. The lowest BCUT2D eigenvalue weighted by Gasteiger charge is -2.00. The Labute approximate surface area is 106 Å². The third kappa shape index (κ3) is 1.34. The van der Waals surface area contributed by atoms with Gasteiger partial charge >= 0.3 is 0 Å². The Balaban J connectivity index is 2.36. The van der Waals surface area contributed by atoms with Crippen LogP contribution < -0.4 is 0 Å². The number of carbonyl (C=O) groups excluding carboxylic acids is 1. The molecule has 2 aromatic carbocycles. The molecule has 16 heavy (non-hydrogen) atoms. The highest BCUT2D eigenvalue weighted by Gasteiger charge is 2.26. The number of halogens is 2. The highest BCUT2D eigenvalue weighted by Crippen LogP contribution is 2.38. The van der Waals surface area contributed by atoms with E-state index < -0.39 is 0 Å². The zero-order valence-corrected chi connectivity index (χ0v) is 10.5. The van der Waals surface area contributed by atoms with Crippen LogP contribution in [0.1, 0.15) is 15.9 Å². The van der Waals surface area contributed by atoms with E-state index in [1.807, 2.05) is 30.3 Å². The van der Waals surface area contributed by atoms with E-state index in [1.165, 1.54) is 0 Å². The standard InChI is InChI=1S/C13H6BrClO/c14-7-1-3-10-11(5-7)9-4-2-8(15)6-12(9)13(10)16/h1-6H. The molecule has 0 amide bonds. The highest BCUT2D eigenvalue weighted by molar-refractivity contribution is 9.10. The Kier molecular flexibility index (Phi) is 2.16. The average Bonchev–Trinajstić information content (AvgIpc) is 2.52. The van der Waals surface area contributed by atoms with Gasteiger partial charge in [0.1, 0.15) is 0 Å². The molecule has 0 bridgehead atoms. The van der Waals surface area contributed by atoms with Crippen LogP contribution in [0.2, 0.25) is 5.02 Å². The van der Waals surface area contributed by atoms with E-state index >= 15 is 0 Å². The number of hydrogen-bond donors (Lipinski definition) is 0. The second-order valence-electron chi connectivity index (χ2n) is 3.71. The first-order chi connectivity index (χ1) is 7.66. The molecule has 0 saturated heterocycles. The Hall–Kier alpha value is -1.12. The highest BCUT2D eigenvalue weighted by atomic mass is 79.9. The van der Waals surface area contributed by atoms with Crippen molar-refractivity contribution in [2.24, 2.45) is 0 Å². The summed E-state index contributed by atoms with van der Waals surface area (Å²) in [6, 6.07) is 11.1. The van der Waals surface area contributed by atoms with Crippen molar-refractivity contribution in [3.8, 4) is 11.1 Å². The summed E-state index contributed by atoms with van der Waals surface area (Å²) in [7, 11) is 0. The molecule has 0 aromatic heterocycles. The van der Waals surface area contributed by atoms with Crippen molar-refractivity contribution >= 4 is 33.3 Å². The molecule has 0 N–H and O–H groups in total. The van der Waals surface area contributed by atoms with Gasteiger partial charge in [-0.25, -0.2) is 0 Å². The Morgan fingerprint density at radius 3 is 2.44 bits per heavy atom. The van der Waals surface area contributed by atoms with Gasteiger partial charge in [0.2, 0.25) is 0 Å². The van der Waals surface area contributed by atoms with Crippen molar-refractivity contribution in [1.29, 1.82) is 0 Å². The van der Waals surface area contributed by atoms with Gasteiger partial charge < -0.3 is 0 Å². The van der Waals surface area contributed by atoms with Gasteiger partial charge in [-0.15, -0.1) is 0 Å². The van der Waals surface area contributed by atoms with Gasteiger partial charge in [0.25, 0.3) is 0 Å². The van der Waals surface area contributed by atoms with E-state index in [9.17, 15) is 4.79 Å². The molecular weight excluding hydrogens is 287 g/mol.